The zero-order valence-corrected chi connectivity index (χ0v) is 19.5. The summed E-state index contributed by atoms with van der Waals surface area (Å²) in [6, 6.07) is 3.44. The van der Waals surface area contributed by atoms with Gasteiger partial charge in [0.25, 0.3) is 5.91 Å². The first-order valence-electron chi connectivity index (χ1n) is 11.4. The molecule has 0 spiro atoms. The quantitative estimate of drug-likeness (QED) is 0.613. The van der Waals surface area contributed by atoms with Crippen molar-refractivity contribution >= 4 is 12.2 Å². The molecule has 1 saturated heterocycles. The molecule has 1 fully saturated rings. The number of alkyl halides is 3. The predicted molar refractivity (Wildman–Crippen MR) is 121 cm³/mol. The van der Waals surface area contributed by atoms with Gasteiger partial charge in [0.05, 0.1) is 43.6 Å². The summed E-state index contributed by atoms with van der Waals surface area (Å²) in [5.41, 5.74) is 1.17. The number of ether oxygens (including phenoxy) is 2. The number of pyridine rings is 1. The molecule has 5 rings (SSSR count). The average Bonchev–Trinajstić information content (AvgIpc) is 3.36. The third-order valence-corrected chi connectivity index (χ3v) is 6.35. The number of carbonyl (C=O) groups is 1. The first-order valence-corrected chi connectivity index (χ1v) is 11.4. The number of aromatic nitrogens is 3. The number of fused-ring (bicyclic) bond motifs is 1. The molecule has 1 amide bonds. The lowest BCUT2D eigenvalue weighted by atomic mass is 10.1. The molecule has 1 atom stereocenters. The maximum absolute atomic E-state index is 13.5. The van der Waals surface area contributed by atoms with Crippen LogP contribution in [0.1, 0.15) is 28.0 Å². The van der Waals surface area contributed by atoms with Crippen molar-refractivity contribution in [2.24, 2.45) is 4.99 Å². The van der Waals surface area contributed by atoms with Crippen LogP contribution >= 0.6 is 0 Å². The summed E-state index contributed by atoms with van der Waals surface area (Å²) in [6.45, 7) is 1.24. The number of hydrazine groups is 1. The number of amides is 1. The summed E-state index contributed by atoms with van der Waals surface area (Å²) in [6.07, 6.45) is 2.22. The van der Waals surface area contributed by atoms with E-state index in [0.717, 1.165) is 5.69 Å². The standard InChI is InChI=1S/C23H24F3N7O3/c1-35-21-18(23(24,25)26)12-33(14-30-21)32-8-5-19-17(11-32)20(29-13-28-19)36-16-4-7-31(10-16)22(34)15-3-2-6-27-9-15/h2-3,6,9,13-14,16H,4-5,7-8,10-12H2,1H3. The molecule has 13 heteroatoms. The van der Waals surface area contributed by atoms with Gasteiger partial charge in [-0.25, -0.2) is 20.0 Å². The molecule has 0 aliphatic carbocycles. The van der Waals surface area contributed by atoms with Crippen molar-refractivity contribution in [3.05, 3.63) is 59.1 Å². The van der Waals surface area contributed by atoms with Crippen LogP contribution in [0, 0.1) is 0 Å². The minimum atomic E-state index is -4.56. The van der Waals surface area contributed by atoms with Gasteiger partial charge in [0.15, 0.2) is 0 Å². The highest BCUT2D eigenvalue weighted by Crippen LogP contribution is 2.33. The molecule has 1 unspecified atom stereocenters. The zero-order valence-electron chi connectivity index (χ0n) is 19.5. The molecule has 3 aliphatic heterocycles. The summed E-state index contributed by atoms with van der Waals surface area (Å²) < 4.78 is 51.6. The van der Waals surface area contributed by atoms with Crippen molar-refractivity contribution in [1.29, 1.82) is 0 Å². The molecule has 0 aromatic carbocycles. The van der Waals surface area contributed by atoms with Crippen molar-refractivity contribution in [1.82, 2.24) is 29.9 Å². The number of likely N-dealkylation sites (tertiary alicyclic amines) is 1. The van der Waals surface area contributed by atoms with Crippen LogP contribution < -0.4 is 4.74 Å². The van der Waals surface area contributed by atoms with Crippen LogP contribution in [-0.4, -0.2) is 87.7 Å². The first kappa shape index (κ1) is 24.0. The minimum absolute atomic E-state index is 0.113. The highest BCUT2D eigenvalue weighted by molar-refractivity contribution is 5.94. The second kappa shape index (κ2) is 9.72. The fraction of sp³-hybridized carbons (Fsp3) is 0.435. The number of aliphatic imine (C=N–C) groups is 1. The van der Waals surface area contributed by atoms with E-state index in [1.807, 2.05) is 0 Å². The van der Waals surface area contributed by atoms with Gasteiger partial charge in [0.1, 0.15) is 24.3 Å². The van der Waals surface area contributed by atoms with Crippen LogP contribution in [0.5, 0.6) is 5.88 Å². The molecule has 0 radical (unpaired) electrons. The monoisotopic (exact) mass is 503 g/mol. The number of nitrogens with zero attached hydrogens (tertiary/aromatic N) is 7. The maximum atomic E-state index is 13.5. The normalized spacial score (nSPS) is 20.5. The fourth-order valence-electron chi connectivity index (χ4n) is 4.49. The minimum Gasteiger partial charge on any atom is -0.481 e. The van der Waals surface area contributed by atoms with E-state index >= 15 is 0 Å². The predicted octanol–water partition coefficient (Wildman–Crippen LogP) is 2.20. The van der Waals surface area contributed by atoms with E-state index in [0.29, 0.717) is 49.5 Å². The van der Waals surface area contributed by atoms with E-state index in [2.05, 4.69) is 19.9 Å². The molecule has 36 heavy (non-hydrogen) atoms. The number of hydrogen-bond acceptors (Lipinski definition) is 9. The molecule has 3 aliphatic rings. The Labute approximate surface area is 205 Å². The smallest absolute Gasteiger partial charge is 0.419 e. The Kier molecular flexibility index (Phi) is 6.48. The van der Waals surface area contributed by atoms with Gasteiger partial charge in [-0.1, -0.05) is 0 Å². The molecule has 0 saturated carbocycles. The lowest BCUT2D eigenvalue weighted by molar-refractivity contribution is -0.105. The second-order valence-corrected chi connectivity index (χ2v) is 8.59. The van der Waals surface area contributed by atoms with Crippen LogP contribution in [0.15, 0.2) is 47.3 Å². The fourth-order valence-corrected chi connectivity index (χ4v) is 4.49. The Balaban J connectivity index is 1.27. The van der Waals surface area contributed by atoms with E-state index in [1.54, 1.807) is 28.2 Å². The van der Waals surface area contributed by atoms with E-state index in [-0.39, 0.29) is 18.6 Å². The van der Waals surface area contributed by atoms with Crippen LogP contribution in [0.4, 0.5) is 13.2 Å². The lowest BCUT2D eigenvalue weighted by Crippen LogP contribution is -2.48. The average molecular weight is 503 g/mol. The maximum Gasteiger partial charge on any atom is 0.419 e. The van der Waals surface area contributed by atoms with Gasteiger partial charge in [-0.05, 0) is 12.1 Å². The van der Waals surface area contributed by atoms with E-state index in [4.69, 9.17) is 9.47 Å². The van der Waals surface area contributed by atoms with Gasteiger partial charge in [-0.15, -0.1) is 0 Å². The van der Waals surface area contributed by atoms with Gasteiger partial charge < -0.3 is 14.4 Å². The van der Waals surface area contributed by atoms with E-state index in [9.17, 15) is 18.0 Å². The lowest BCUT2D eigenvalue weighted by Gasteiger charge is -2.38. The summed E-state index contributed by atoms with van der Waals surface area (Å²) in [7, 11) is 1.17. The van der Waals surface area contributed by atoms with Gasteiger partial charge in [-0.2, -0.15) is 13.2 Å². The number of carbonyl (C=O) groups excluding carboxylic acids is 1. The Morgan fingerprint density at radius 2 is 2.06 bits per heavy atom. The summed E-state index contributed by atoms with van der Waals surface area (Å²) in [4.78, 5) is 30.9. The van der Waals surface area contributed by atoms with Crippen LogP contribution in [0.2, 0.25) is 0 Å². The number of rotatable bonds is 5. The zero-order chi connectivity index (χ0) is 25.3. The number of halogens is 3. The first-order chi connectivity index (χ1) is 17.3. The van der Waals surface area contributed by atoms with Crippen LogP contribution in [0.3, 0.4) is 0 Å². The molecule has 5 heterocycles. The number of methoxy groups -OCH3 is 1. The van der Waals surface area contributed by atoms with Crippen molar-refractivity contribution in [2.45, 2.75) is 31.7 Å². The highest BCUT2D eigenvalue weighted by Gasteiger charge is 2.41. The van der Waals surface area contributed by atoms with Crippen molar-refractivity contribution in [2.75, 3.05) is 33.3 Å². The number of hydrogen-bond donors (Lipinski definition) is 0. The molecule has 190 valence electrons. The third kappa shape index (κ3) is 4.83. The van der Waals surface area contributed by atoms with E-state index in [1.165, 1.54) is 31.0 Å². The molecule has 2 aromatic rings. The summed E-state index contributed by atoms with van der Waals surface area (Å²) in [5, 5.41) is 3.18. The Morgan fingerprint density at radius 3 is 2.81 bits per heavy atom. The van der Waals surface area contributed by atoms with Crippen LogP contribution in [-0.2, 0) is 17.7 Å². The van der Waals surface area contributed by atoms with Gasteiger partial charge in [0.2, 0.25) is 11.8 Å². The van der Waals surface area contributed by atoms with Crippen molar-refractivity contribution in [3.8, 4) is 5.88 Å². The largest absolute Gasteiger partial charge is 0.481 e. The molecular weight excluding hydrogens is 479 g/mol. The Hall–Kier alpha value is -3.74. The molecule has 10 nitrogen and oxygen atoms in total. The Morgan fingerprint density at radius 1 is 1.19 bits per heavy atom. The highest BCUT2D eigenvalue weighted by atomic mass is 19.4. The van der Waals surface area contributed by atoms with E-state index < -0.39 is 24.2 Å². The second-order valence-electron chi connectivity index (χ2n) is 8.59. The third-order valence-electron chi connectivity index (χ3n) is 6.35. The summed E-state index contributed by atoms with van der Waals surface area (Å²) >= 11 is 0. The van der Waals surface area contributed by atoms with Gasteiger partial charge in [-0.3, -0.25) is 14.8 Å². The molecular formula is C23H24F3N7O3. The SMILES string of the molecule is COC1=C(C(F)(F)F)CN(N2CCc3ncnc(OC4CCN(C(=O)c5cccnc5)C4)c3C2)C=N1. The van der Waals surface area contributed by atoms with Crippen molar-refractivity contribution in [3.63, 3.8) is 0 Å². The van der Waals surface area contributed by atoms with Gasteiger partial charge in [0, 0.05) is 38.3 Å². The Bertz CT molecular complexity index is 1190. The molecule has 0 bridgehead atoms. The van der Waals surface area contributed by atoms with Gasteiger partial charge >= 0.3 is 6.18 Å². The molecule has 2 aromatic heterocycles. The van der Waals surface area contributed by atoms with Crippen LogP contribution in [0.25, 0.3) is 0 Å². The molecule has 0 N–H and O–H groups in total. The topological polar surface area (TPSA) is 96.3 Å². The summed E-state index contributed by atoms with van der Waals surface area (Å²) in [5.74, 6) is -0.169. The van der Waals surface area contributed by atoms with Crippen molar-refractivity contribution < 1.29 is 27.4 Å².